The second kappa shape index (κ2) is 8.90. The number of ether oxygens (including phenoxy) is 1. The molecule has 0 aliphatic heterocycles. The molecular formula is C23H27N3O3. The summed E-state index contributed by atoms with van der Waals surface area (Å²) >= 11 is 0. The molecule has 0 saturated heterocycles. The predicted octanol–water partition coefficient (Wildman–Crippen LogP) is 4.51. The SMILES string of the molecule is Cc1ccc(C(C)C)c(OCC(=O)N(C)Cc2nc(-c3ccccc3C)no2)c1. The highest BCUT2D eigenvalue weighted by atomic mass is 16.5. The smallest absolute Gasteiger partial charge is 0.260 e. The minimum Gasteiger partial charge on any atom is -0.483 e. The quantitative estimate of drug-likeness (QED) is 0.591. The van der Waals surface area contributed by atoms with Crippen molar-refractivity contribution < 1.29 is 14.1 Å². The molecule has 1 aromatic heterocycles. The Morgan fingerprint density at radius 1 is 1.17 bits per heavy atom. The van der Waals surface area contributed by atoms with Crippen LogP contribution in [0.4, 0.5) is 0 Å². The molecule has 0 unspecified atom stereocenters. The van der Waals surface area contributed by atoms with Gasteiger partial charge in [-0.25, -0.2) is 0 Å². The number of aryl methyl sites for hydroxylation is 2. The normalized spacial score (nSPS) is 11.0. The maximum absolute atomic E-state index is 12.5. The van der Waals surface area contributed by atoms with Crippen LogP contribution in [0, 0.1) is 13.8 Å². The molecule has 0 spiro atoms. The Morgan fingerprint density at radius 2 is 1.93 bits per heavy atom. The van der Waals surface area contributed by atoms with E-state index in [4.69, 9.17) is 9.26 Å². The summed E-state index contributed by atoms with van der Waals surface area (Å²) in [6.07, 6.45) is 0. The van der Waals surface area contributed by atoms with Crippen LogP contribution in [0.15, 0.2) is 47.0 Å². The highest BCUT2D eigenvalue weighted by molar-refractivity contribution is 5.77. The summed E-state index contributed by atoms with van der Waals surface area (Å²) < 4.78 is 11.2. The summed E-state index contributed by atoms with van der Waals surface area (Å²) in [6, 6.07) is 13.9. The molecule has 0 N–H and O–H groups in total. The Balaban J connectivity index is 1.62. The molecule has 0 atom stereocenters. The fraction of sp³-hybridized carbons (Fsp3) is 0.348. The third-order valence-corrected chi connectivity index (χ3v) is 4.79. The first kappa shape index (κ1) is 20.6. The van der Waals surface area contributed by atoms with E-state index in [0.717, 1.165) is 28.0 Å². The lowest BCUT2D eigenvalue weighted by Crippen LogP contribution is -2.31. The second-order valence-electron chi connectivity index (χ2n) is 7.56. The van der Waals surface area contributed by atoms with Crippen LogP contribution in [-0.4, -0.2) is 34.6 Å². The van der Waals surface area contributed by atoms with E-state index in [1.54, 1.807) is 7.05 Å². The van der Waals surface area contributed by atoms with Crippen molar-refractivity contribution in [3.05, 3.63) is 65.0 Å². The number of nitrogens with zero attached hydrogens (tertiary/aromatic N) is 3. The van der Waals surface area contributed by atoms with Crippen LogP contribution in [0.1, 0.15) is 42.3 Å². The third-order valence-electron chi connectivity index (χ3n) is 4.79. The van der Waals surface area contributed by atoms with E-state index < -0.39 is 0 Å². The summed E-state index contributed by atoms with van der Waals surface area (Å²) in [6.45, 7) is 8.39. The van der Waals surface area contributed by atoms with E-state index in [-0.39, 0.29) is 19.1 Å². The van der Waals surface area contributed by atoms with Gasteiger partial charge in [-0.2, -0.15) is 4.98 Å². The molecule has 0 bridgehead atoms. The first-order valence-electron chi connectivity index (χ1n) is 9.71. The monoisotopic (exact) mass is 393 g/mol. The molecule has 3 aromatic rings. The molecule has 0 fully saturated rings. The van der Waals surface area contributed by atoms with Gasteiger partial charge >= 0.3 is 0 Å². The van der Waals surface area contributed by atoms with E-state index in [1.807, 2.05) is 44.2 Å². The molecule has 1 amide bonds. The average Bonchev–Trinajstić information content (AvgIpc) is 3.14. The van der Waals surface area contributed by atoms with Gasteiger partial charge in [-0.05, 0) is 42.5 Å². The first-order chi connectivity index (χ1) is 13.8. The van der Waals surface area contributed by atoms with Crippen molar-refractivity contribution in [3.8, 4) is 17.1 Å². The number of carbonyl (C=O) groups excluding carboxylic acids is 1. The van der Waals surface area contributed by atoms with Gasteiger partial charge in [0, 0.05) is 12.6 Å². The Bertz CT molecular complexity index is 995. The summed E-state index contributed by atoms with van der Waals surface area (Å²) in [5, 5.41) is 4.04. The van der Waals surface area contributed by atoms with E-state index in [2.05, 4.69) is 36.1 Å². The number of aromatic nitrogens is 2. The Labute approximate surface area is 171 Å². The zero-order valence-corrected chi connectivity index (χ0v) is 17.6. The van der Waals surface area contributed by atoms with Gasteiger partial charge < -0.3 is 14.2 Å². The fourth-order valence-corrected chi connectivity index (χ4v) is 3.04. The molecule has 6 heteroatoms. The summed E-state index contributed by atoms with van der Waals surface area (Å²) in [4.78, 5) is 18.5. The summed E-state index contributed by atoms with van der Waals surface area (Å²) in [5.74, 6) is 1.82. The molecule has 152 valence electrons. The number of amides is 1. The van der Waals surface area contributed by atoms with Gasteiger partial charge in [0.05, 0.1) is 6.54 Å². The standard InChI is InChI=1S/C23H27N3O3/c1-15(2)18-11-10-16(3)12-20(18)28-14-22(27)26(5)13-21-24-23(25-29-21)19-9-7-6-8-17(19)4/h6-12,15H,13-14H2,1-5H3. The van der Waals surface area contributed by atoms with E-state index in [9.17, 15) is 4.79 Å². The van der Waals surface area contributed by atoms with Crippen molar-refractivity contribution in [2.75, 3.05) is 13.7 Å². The van der Waals surface area contributed by atoms with Gasteiger partial charge in [0.1, 0.15) is 5.75 Å². The maximum atomic E-state index is 12.5. The molecule has 0 saturated carbocycles. The van der Waals surface area contributed by atoms with Gasteiger partial charge in [0.15, 0.2) is 6.61 Å². The lowest BCUT2D eigenvalue weighted by molar-refractivity contribution is -0.132. The average molecular weight is 393 g/mol. The number of carbonyl (C=O) groups is 1. The molecule has 0 radical (unpaired) electrons. The number of hydrogen-bond acceptors (Lipinski definition) is 5. The third kappa shape index (κ3) is 5.02. The summed E-state index contributed by atoms with van der Waals surface area (Å²) in [7, 11) is 1.70. The van der Waals surface area contributed by atoms with Crippen molar-refractivity contribution in [3.63, 3.8) is 0 Å². The molecule has 3 rings (SSSR count). The van der Waals surface area contributed by atoms with Gasteiger partial charge in [-0.15, -0.1) is 0 Å². The highest BCUT2D eigenvalue weighted by Crippen LogP contribution is 2.27. The Morgan fingerprint density at radius 3 is 2.66 bits per heavy atom. The number of likely N-dealkylation sites (N-methyl/N-ethyl adjacent to an activating group) is 1. The van der Waals surface area contributed by atoms with Gasteiger partial charge in [-0.3, -0.25) is 4.79 Å². The van der Waals surface area contributed by atoms with Gasteiger partial charge in [0.25, 0.3) is 5.91 Å². The molecule has 2 aromatic carbocycles. The number of rotatable bonds is 7. The zero-order chi connectivity index (χ0) is 21.0. The van der Waals surface area contributed by atoms with E-state index >= 15 is 0 Å². The molecule has 0 aliphatic rings. The summed E-state index contributed by atoms with van der Waals surface area (Å²) in [5.41, 5.74) is 4.17. The minimum absolute atomic E-state index is 0.0432. The van der Waals surface area contributed by atoms with Crippen LogP contribution in [0.2, 0.25) is 0 Å². The van der Waals surface area contributed by atoms with Gasteiger partial charge in [-0.1, -0.05) is 55.4 Å². The topological polar surface area (TPSA) is 68.5 Å². The molecule has 29 heavy (non-hydrogen) atoms. The molecular weight excluding hydrogens is 366 g/mol. The highest BCUT2D eigenvalue weighted by Gasteiger charge is 2.17. The Kier molecular flexibility index (Phi) is 6.32. The van der Waals surface area contributed by atoms with Crippen LogP contribution in [0.25, 0.3) is 11.4 Å². The maximum Gasteiger partial charge on any atom is 0.260 e. The lowest BCUT2D eigenvalue weighted by atomic mass is 10.0. The predicted molar refractivity (Wildman–Crippen MR) is 112 cm³/mol. The van der Waals surface area contributed by atoms with Crippen LogP contribution in [0.5, 0.6) is 5.75 Å². The second-order valence-corrected chi connectivity index (χ2v) is 7.56. The van der Waals surface area contributed by atoms with Crippen LogP contribution >= 0.6 is 0 Å². The van der Waals surface area contributed by atoms with Crippen molar-refractivity contribution in [2.24, 2.45) is 0 Å². The Hall–Kier alpha value is -3.15. The number of benzene rings is 2. The molecule has 1 heterocycles. The van der Waals surface area contributed by atoms with E-state index in [0.29, 0.717) is 17.6 Å². The van der Waals surface area contributed by atoms with Crippen molar-refractivity contribution in [1.29, 1.82) is 0 Å². The van der Waals surface area contributed by atoms with Crippen LogP contribution in [-0.2, 0) is 11.3 Å². The van der Waals surface area contributed by atoms with Crippen LogP contribution in [0.3, 0.4) is 0 Å². The van der Waals surface area contributed by atoms with Crippen molar-refractivity contribution in [1.82, 2.24) is 15.0 Å². The zero-order valence-electron chi connectivity index (χ0n) is 17.6. The van der Waals surface area contributed by atoms with Gasteiger partial charge in [0.2, 0.25) is 11.7 Å². The molecule has 6 nitrogen and oxygen atoms in total. The molecule has 0 aliphatic carbocycles. The van der Waals surface area contributed by atoms with Crippen molar-refractivity contribution in [2.45, 2.75) is 40.2 Å². The van der Waals surface area contributed by atoms with Crippen LogP contribution < -0.4 is 4.74 Å². The van der Waals surface area contributed by atoms with E-state index in [1.165, 1.54) is 4.90 Å². The van der Waals surface area contributed by atoms with Crippen molar-refractivity contribution >= 4 is 5.91 Å². The largest absolute Gasteiger partial charge is 0.483 e. The fourth-order valence-electron chi connectivity index (χ4n) is 3.04. The number of hydrogen-bond donors (Lipinski definition) is 0. The first-order valence-corrected chi connectivity index (χ1v) is 9.71. The lowest BCUT2D eigenvalue weighted by Gasteiger charge is -2.18. The minimum atomic E-state index is -0.156.